The van der Waals surface area contributed by atoms with Gasteiger partial charge in [-0.15, -0.1) is 0 Å². The van der Waals surface area contributed by atoms with Crippen LogP contribution < -0.4 is 4.74 Å². The van der Waals surface area contributed by atoms with E-state index in [0.29, 0.717) is 53.2 Å². The number of methoxy groups -OCH3 is 1. The van der Waals surface area contributed by atoms with E-state index < -0.39 is 11.9 Å². The summed E-state index contributed by atoms with van der Waals surface area (Å²) in [5.74, 6) is -0.0870. The number of hydrogen-bond acceptors (Lipinski definition) is 7. The van der Waals surface area contributed by atoms with Crippen molar-refractivity contribution in [2.24, 2.45) is 0 Å². The highest BCUT2D eigenvalue weighted by atomic mass is 19.1. The van der Waals surface area contributed by atoms with Crippen LogP contribution in [-0.4, -0.2) is 69.8 Å². The minimum Gasteiger partial charge on any atom is -0.488 e. The Labute approximate surface area is 205 Å². The molecule has 1 amide bonds. The highest BCUT2D eigenvalue weighted by molar-refractivity contribution is 5.96. The van der Waals surface area contributed by atoms with Crippen molar-refractivity contribution < 1.29 is 28.3 Å². The number of ether oxygens (including phenoxy) is 2. The predicted molar refractivity (Wildman–Crippen MR) is 128 cm³/mol. The number of carbonyl (C=O) groups excluding carboxylic acids is 1. The minimum absolute atomic E-state index is 0.0629. The van der Waals surface area contributed by atoms with Crippen molar-refractivity contribution in [3.05, 3.63) is 53.8 Å². The molecule has 2 fully saturated rings. The smallest absolute Gasteiger partial charge is 0.254 e. The second kappa shape index (κ2) is 8.72. The van der Waals surface area contributed by atoms with E-state index in [2.05, 4.69) is 15.4 Å². The van der Waals surface area contributed by atoms with Gasteiger partial charge in [-0.2, -0.15) is 5.10 Å². The number of benzene rings is 2. The fourth-order valence-corrected chi connectivity index (χ4v) is 5.05. The Balaban J connectivity index is 1.21. The number of aliphatic hydroxyl groups is 1. The van der Waals surface area contributed by atoms with E-state index in [4.69, 9.17) is 14.0 Å². The van der Waals surface area contributed by atoms with Crippen molar-refractivity contribution in [1.82, 2.24) is 20.3 Å². The summed E-state index contributed by atoms with van der Waals surface area (Å²) in [6.07, 6.45) is 2.01. The van der Waals surface area contributed by atoms with Crippen LogP contribution in [0.1, 0.15) is 29.6 Å². The number of nitrogens with one attached hydrogen (secondary N) is 1. The zero-order valence-electron chi connectivity index (χ0n) is 19.7. The third kappa shape index (κ3) is 3.73. The molecule has 4 aromatic rings. The van der Waals surface area contributed by atoms with Gasteiger partial charge in [-0.3, -0.25) is 9.89 Å². The highest BCUT2D eigenvalue weighted by Crippen LogP contribution is 2.50. The fourth-order valence-electron chi connectivity index (χ4n) is 5.05. The number of carbonyl (C=O) groups is 1. The molecule has 10 heteroatoms. The van der Waals surface area contributed by atoms with Crippen LogP contribution in [0.4, 0.5) is 4.39 Å². The first kappa shape index (κ1) is 22.7. The summed E-state index contributed by atoms with van der Waals surface area (Å²) < 4.78 is 30.5. The van der Waals surface area contributed by atoms with Crippen LogP contribution >= 0.6 is 0 Å². The average molecular weight is 493 g/mol. The fraction of sp³-hybridized carbons (Fsp3) is 0.346. The number of likely N-dealkylation sites (tertiary alicyclic amines) is 1. The van der Waals surface area contributed by atoms with Gasteiger partial charge in [0.25, 0.3) is 5.91 Å². The summed E-state index contributed by atoms with van der Waals surface area (Å²) in [7, 11) is 1.55. The number of H-pyrrole nitrogens is 1. The number of aliphatic hydroxyl groups excluding tert-OH is 1. The number of halogens is 1. The summed E-state index contributed by atoms with van der Waals surface area (Å²) in [6.45, 7) is 1.25. The van der Waals surface area contributed by atoms with E-state index in [1.54, 1.807) is 31.4 Å². The maximum Gasteiger partial charge on any atom is 0.254 e. The van der Waals surface area contributed by atoms with Gasteiger partial charge in [0.05, 0.1) is 23.8 Å². The van der Waals surface area contributed by atoms with Gasteiger partial charge in [-0.25, -0.2) is 4.39 Å². The molecule has 1 spiro atoms. The molecule has 9 nitrogen and oxygen atoms in total. The maximum absolute atomic E-state index is 14.6. The van der Waals surface area contributed by atoms with E-state index in [9.17, 15) is 14.3 Å². The molecular weight excluding hydrogens is 467 g/mol. The molecule has 36 heavy (non-hydrogen) atoms. The largest absolute Gasteiger partial charge is 0.488 e. The van der Waals surface area contributed by atoms with Gasteiger partial charge in [-0.05, 0) is 31.0 Å². The van der Waals surface area contributed by atoms with Crippen molar-refractivity contribution in [2.45, 2.75) is 30.9 Å². The lowest BCUT2D eigenvalue weighted by atomic mass is 10.1. The van der Waals surface area contributed by atoms with E-state index in [-0.39, 0.29) is 23.8 Å². The molecule has 2 N–H and O–H groups in total. The first-order valence-electron chi connectivity index (χ1n) is 11.9. The Bertz CT molecular complexity index is 1430. The molecule has 6 rings (SSSR count). The van der Waals surface area contributed by atoms with Crippen molar-refractivity contribution in [1.29, 1.82) is 0 Å². The van der Waals surface area contributed by atoms with Crippen molar-refractivity contribution in [2.75, 3.05) is 26.9 Å². The number of aromatic nitrogens is 3. The van der Waals surface area contributed by atoms with Crippen LogP contribution in [0.5, 0.6) is 5.75 Å². The number of fused-ring (bicyclic) bond motifs is 1. The topological polar surface area (TPSA) is 114 Å². The van der Waals surface area contributed by atoms with Gasteiger partial charge in [0.1, 0.15) is 18.0 Å². The number of hydrogen-bond donors (Lipinski definition) is 2. The number of nitrogens with zero attached hydrogens (tertiary/aromatic N) is 3. The van der Waals surface area contributed by atoms with Crippen molar-refractivity contribution in [3.63, 3.8) is 0 Å². The normalized spacial score (nSPS) is 21.0. The lowest BCUT2D eigenvalue weighted by molar-refractivity contribution is 0.0662. The number of rotatable bonds is 7. The second-order valence-electron chi connectivity index (χ2n) is 9.28. The quantitative estimate of drug-likeness (QED) is 0.377. The number of aromatic amines is 1. The molecule has 2 aromatic carbocycles. The van der Waals surface area contributed by atoms with Crippen LogP contribution in [0, 0.1) is 5.82 Å². The maximum atomic E-state index is 14.6. The predicted octanol–water partition coefficient (Wildman–Crippen LogP) is 3.79. The van der Waals surface area contributed by atoms with E-state index >= 15 is 0 Å². The SMILES string of the molecule is COCCOc1cc2[nH]nc(-c3cc(-c4ccc(C(=O)N5CCCC56CC6O)cc4)no3)c2cc1F. The highest BCUT2D eigenvalue weighted by Gasteiger charge is 2.61. The van der Waals surface area contributed by atoms with E-state index in [1.807, 2.05) is 17.0 Å². The van der Waals surface area contributed by atoms with Gasteiger partial charge in [0.2, 0.25) is 0 Å². The van der Waals surface area contributed by atoms with Gasteiger partial charge < -0.3 is 24.0 Å². The van der Waals surface area contributed by atoms with E-state index in [1.165, 1.54) is 6.07 Å². The summed E-state index contributed by atoms with van der Waals surface area (Å²) in [5.41, 5.74) is 2.57. The van der Waals surface area contributed by atoms with Gasteiger partial charge >= 0.3 is 0 Å². The first-order chi connectivity index (χ1) is 17.5. The molecule has 2 unspecified atom stereocenters. The molecule has 186 valence electrons. The summed E-state index contributed by atoms with van der Waals surface area (Å²) >= 11 is 0. The van der Waals surface area contributed by atoms with Crippen LogP contribution in [0.25, 0.3) is 33.6 Å². The standard InChI is InChI=1S/C26H25FN4O5/c1-34-9-10-35-21-13-20-17(11-18(21)27)24(29-28-20)22-12-19(30-36-22)15-3-5-16(6-4-15)25(33)31-8-2-7-26(31)14-23(26)32/h3-6,11-13,23,32H,2,7-10,14H2,1H3,(H,28,29). The summed E-state index contributed by atoms with van der Waals surface area (Å²) in [4.78, 5) is 14.8. The zero-order chi connectivity index (χ0) is 24.9. The third-order valence-corrected chi connectivity index (χ3v) is 7.11. The van der Waals surface area contributed by atoms with E-state index in [0.717, 1.165) is 18.4 Å². The first-order valence-corrected chi connectivity index (χ1v) is 11.9. The van der Waals surface area contributed by atoms with Gasteiger partial charge in [0, 0.05) is 48.7 Å². The molecule has 1 saturated heterocycles. The Hall–Kier alpha value is -3.76. The summed E-state index contributed by atoms with van der Waals surface area (Å²) in [5, 5.41) is 21.9. The average Bonchev–Trinajstić information content (AvgIpc) is 3.33. The molecule has 2 atom stereocenters. The Kier molecular flexibility index (Phi) is 5.50. The summed E-state index contributed by atoms with van der Waals surface area (Å²) in [6, 6.07) is 11.8. The van der Waals surface area contributed by atoms with Gasteiger partial charge in [-0.1, -0.05) is 17.3 Å². The molecular formula is C26H25FN4O5. The van der Waals surface area contributed by atoms with Crippen LogP contribution in [-0.2, 0) is 4.74 Å². The molecule has 1 aliphatic heterocycles. The minimum atomic E-state index is -0.514. The molecule has 1 saturated carbocycles. The molecule has 1 aliphatic carbocycles. The molecule has 3 heterocycles. The lowest BCUT2D eigenvalue weighted by Crippen LogP contribution is -2.39. The van der Waals surface area contributed by atoms with Crippen LogP contribution in [0.15, 0.2) is 47.0 Å². The molecule has 2 aromatic heterocycles. The van der Waals surface area contributed by atoms with Gasteiger partial charge in [0.15, 0.2) is 17.3 Å². The Morgan fingerprint density at radius 1 is 1.28 bits per heavy atom. The second-order valence-corrected chi connectivity index (χ2v) is 9.28. The Morgan fingerprint density at radius 3 is 2.83 bits per heavy atom. The van der Waals surface area contributed by atoms with Crippen LogP contribution in [0.3, 0.4) is 0 Å². The monoisotopic (exact) mass is 492 g/mol. The van der Waals surface area contributed by atoms with Crippen molar-refractivity contribution >= 4 is 16.8 Å². The Morgan fingerprint density at radius 2 is 2.08 bits per heavy atom. The lowest BCUT2D eigenvalue weighted by Gasteiger charge is -2.24. The third-order valence-electron chi connectivity index (χ3n) is 7.11. The molecule has 0 bridgehead atoms. The zero-order valence-corrected chi connectivity index (χ0v) is 19.7. The van der Waals surface area contributed by atoms with Crippen molar-refractivity contribution in [3.8, 4) is 28.5 Å². The number of amides is 1. The van der Waals surface area contributed by atoms with Crippen LogP contribution in [0.2, 0.25) is 0 Å². The molecule has 0 radical (unpaired) electrons. The molecule has 2 aliphatic rings.